The van der Waals surface area contributed by atoms with E-state index in [9.17, 15) is 19.8 Å². The van der Waals surface area contributed by atoms with Crippen LogP contribution in [-0.4, -0.2) is 93.2 Å². The van der Waals surface area contributed by atoms with E-state index >= 15 is 0 Å². The van der Waals surface area contributed by atoms with E-state index in [0.29, 0.717) is 19.1 Å². The molecule has 1 amide bonds. The number of amides is 1. The van der Waals surface area contributed by atoms with Gasteiger partial charge in [-0.05, 0) is 63.3 Å². The normalized spacial score (nSPS) is 31.6. The van der Waals surface area contributed by atoms with Crippen molar-refractivity contribution < 1.29 is 29.3 Å². The number of aliphatic hydroxyl groups excluding tert-OH is 1. The van der Waals surface area contributed by atoms with E-state index in [2.05, 4.69) is 16.8 Å². The van der Waals surface area contributed by atoms with Gasteiger partial charge in [-0.15, -0.1) is 0 Å². The molecule has 3 aliphatic rings. The summed E-state index contributed by atoms with van der Waals surface area (Å²) >= 11 is 0. The molecule has 0 spiro atoms. The predicted molar refractivity (Wildman–Crippen MR) is 170 cm³/mol. The molecule has 9 heteroatoms. The van der Waals surface area contributed by atoms with E-state index in [1.54, 1.807) is 24.1 Å². The van der Waals surface area contributed by atoms with Crippen LogP contribution in [0.2, 0.25) is 0 Å². The maximum absolute atomic E-state index is 13.3. The van der Waals surface area contributed by atoms with Crippen molar-refractivity contribution in [3.63, 3.8) is 0 Å². The van der Waals surface area contributed by atoms with Crippen LogP contribution >= 0.6 is 0 Å². The molecule has 0 aromatic carbocycles. The lowest BCUT2D eigenvalue weighted by Gasteiger charge is -2.39. The number of rotatable bonds is 6. The Morgan fingerprint density at radius 3 is 2.57 bits per heavy atom. The number of carbonyl (C=O) groups is 2. The van der Waals surface area contributed by atoms with E-state index in [4.69, 9.17) is 9.47 Å². The Hall–Kier alpha value is -3.01. The molecule has 3 heterocycles. The van der Waals surface area contributed by atoms with Gasteiger partial charge < -0.3 is 24.6 Å². The van der Waals surface area contributed by atoms with Gasteiger partial charge in [0, 0.05) is 55.9 Å². The first-order chi connectivity index (χ1) is 21.0. The molecule has 1 saturated carbocycles. The number of pyridine rings is 1. The number of nitrogens with zero attached hydrogens (tertiary/aromatic N) is 3. The van der Waals surface area contributed by atoms with Gasteiger partial charge in [0.2, 0.25) is 0 Å². The van der Waals surface area contributed by atoms with Gasteiger partial charge in [0.25, 0.3) is 0 Å². The average molecular weight is 610 g/mol. The van der Waals surface area contributed by atoms with Gasteiger partial charge in [-0.25, -0.2) is 4.79 Å². The smallest absolute Gasteiger partial charge is 0.410 e. The minimum atomic E-state index is -1.44. The van der Waals surface area contributed by atoms with Gasteiger partial charge in [-0.3, -0.25) is 14.7 Å². The molecule has 2 aliphatic heterocycles. The zero-order valence-electron chi connectivity index (χ0n) is 26.8. The van der Waals surface area contributed by atoms with Crippen molar-refractivity contribution in [2.75, 3.05) is 26.2 Å². The summed E-state index contributed by atoms with van der Waals surface area (Å²) in [5.74, 6) is -0.684. The summed E-state index contributed by atoms with van der Waals surface area (Å²) < 4.78 is 11.8. The first kappa shape index (κ1) is 33.9. The van der Waals surface area contributed by atoms with E-state index < -0.39 is 36.0 Å². The van der Waals surface area contributed by atoms with Crippen molar-refractivity contribution in [3.05, 3.63) is 66.0 Å². The van der Waals surface area contributed by atoms with Crippen molar-refractivity contribution in [3.8, 4) is 0 Å². The van der Waals surface area contributed by atoms with Crippen molar-refractivity contribution >= 4 is 12.1 Å². The molecule has 1 aromatic heterocycles. The number of carbonyl (C=O) groups excluding carboxylic acids is 2. The minimum Gasteiger partial charge on any atom is -0.457 e. The highest BCUT2D eigenvalue weighted by Crippen LogP contribution is 2.28. The maximum Gasteiger partial charge on any atom is 0.410 e. The lowest BCUT2D eigenvalue weighted by molar-refractivity contribution is -0.151. The van der Waals surface area contributed by atoms with Crippen molar-refractivity contribution in [1.29, 1.82) is 0 Å². The highest BCUT2D eigenvalue weighted by molar-refractivity contribution is 5.70. The monoisotopic (exact) mass is 609 g/mol. The summed E-state index contributed by atoms with van der Waals surface area (Å²) in [6.45, 7) is 10.3. The van der Waals surface area contributed by atoms with Crippen LogP contribution in [0.15, 0.2) is 60.3 Å². The molecule has 0 radical (unpaired) electrons. The maximum atomic E-state index is 13.3. The Balaban J connectivity index is 1.47. The molecule has 4 rings (SSSR count). The second-order valence-electron chi connectivity index (χ2n) is 13.0. The number of ether oxygens (including phenoxy) is 2. The lowest BCUT2D eigenvalue weighted by atomic mass is 9.88. The first-order valence-corrected chi connectivity index (χ1v) is 16.3. The third-order valence-corrected chi connectivity index (χ3v) is 9.33. The molecule has 2 N–H and O–H groups in total. The molecule has 1 unspecified atom stereocenters. The highest BCUT2D eigenvalue weighted by Gasteiger charge is 2.37. The van der Waals surface area contributed by atoms with Crippen LogP contribution in [-0.2, 0) is 14.3 Å². The Bertz CT molecular complexity index is 1170. The van der Waals surface area contributed by atoms with Crippen LogP contribution in [0.4, 0.5) is 4.79 Å². The van der Waals surface area contributed by atoms with Gasteiger partial charge in [0.1, 0.15) is 11.7 Å². The molecule has 1 aliphatic carbocycles. The van der Waals surface area contributed by atoms with Gasteiger partial charge in [-0.2, -0.15) is 0 Å². The topological polar surface area (TPSA) is 112 Å². The fraction of sp³-hybridized carbons (Fsp3) is 0.629. The van der Waals surface area contributed by atoms with Gasteiger partial charge in [-0.1, -0.05) is 57.1 Å². The Labute approximate surface area is 262 Å². The van der Waals surface area contributed by atoms with E-state index in [0.717, 1.165) is 24.4 Å². The summed E-state index contributed by atoms with van der Waals surface area (Å²) in [7, 11) is 0. The average Bonchev–Trinajstić information content (AvgIpc) is 3.56. The standard InChI is InChI=1S/C35H51N3O6/c1-25(30-14-7-8-19-36-30)10-9-11-26(2)33-27(3)15-16-31(35(4,42)18-17-29(39)24-32(40)44-33)43-34(41)38-22-20-37(21-23-38)28-12-5-6-13-28/h7-11,14-16,19,25,27-29,31,33,39,42H,5-6,12-13,17-18,20-24H2,1-4H3/b10-9+,16-15+,26-11+/t25-,27-,29-,31?,33+,35-/m0/s1. The summed E-state index contributed by atoms with van der Waals surface area (Å²) in [5.41, 5.74) is 0.347. The number of hydrogen-bond acceptors (Lipinski definition) is 8. The minimum absolute atomic E-state index is 0.106. The second-order valence-corrected chi connectivity index (χ2v) is 13.0. The first-order valence-electron chi connectivity index (χ1n) is 16.3. The Morgan fingerprint density at radius 1 is 1.16 bits per heavy atom. The molecular weight excluding hydrogens is 558 g/mol. The van der Waals surface area contributed by atoms with E-state index in [-0.39, 0.29) is 31.1 Å². The Kier molecular flexibility index (Phi) is 12.2. The van der Waals surface area contributed by atoms with E-state index in [1.165, 1.54) is 25.7 Å². The SMILES string of the molecule is C/C(=C\C=C\[C@H](C)c1ccccn1)[C@H]1OC(=O)C[C@@H](O)CC[C@](C)(O)C(OC(=O)N2CCN(C3CCCC3)CC2)/C=C/[C@@H]1C. The number of esters is 1. The van der Waals surface area contributed by atoms with Crippen LogP contribution in [0.3, 0.4) is 0 Å². The molecule has 0 bridgehead atoms. The zero-order chi connectivity index (χ0) is 31.7. The Morgan fingerprint density at radius 2 is 1.89 bits per heavy atom. The third-order valence-electron chi connectivity index (χ3n) is 9.33. The fourth-order valence-electron chi connectivity index (χ4n) is 6.39. The van der Waals surface area contributed by atoms with Crippen molar-refractivity contribution in [1.82, 2.24) is 14.8 Å². The van der Waals surface area contributed by atoms with Crippen LogP contribution < -0.4 is 0 Å². The summed E-state index contributed by atoms with van der Waals surface area (Å²) in [5, 5.41) is 22.1. The summed E-state index contributed by atoms with van der Waals surface area (Å²) in [6, 6.07) is 6.44. The van der Waals surface area contributed by atoms with Crippen LogP contribution in [0.5, 0.6) is 0 Å². The summed E-state index contributed by atoms with van der Waals surface area (Å²) in [4.78, 5) is 34.7. The molecule has 1 saturated heterocycles. The summed E-state index contributed by atoms with van der Waals surface area (Å²) in [6.07, 6.45) is 13.4. The number of cyclic esters (lactones) is 1. The molecule has 242 valence electrons. The van der Waals surface area contributed by atoms with Gasteiger partial charge in [0.15, 0.2) is 6.10 Å². The van der Waals surface area contributed by atoms with Crippen molar-refractivity contribution in [2.45, 2.75) is 109 Å². The molecule has 2 fully saturated rings. The molecule has 6 atom stereocenters. The number of hydrogen-bond donors (Lipinski definition) is 2. The van der Waals surface area contributed by atoms with Crippen LogP contribution in [0.1, 0.15) is 84.3 Å². The number of allylic oxidation sites excluding steroid dienone is 3. The zero-order valence-corrected chi connectivity index (χ0v) is 26.8. The number of piperazine rings is 1. The molecule has 9 nitrogen and oxygen atoms in total. The van der Waals surface area contributed by atoms with E-state index in [1.807, 2.05) is 56.4 Å². The van der Waals surface area contributed by atoms with Gasteiger partial charge >= 0.3 is 12.1 Å². The highest BCUT2D eigenvalue weighted by atomic mass is 16.6. The predicted octanol–water partition coefficient (Wildman–Crippen LogP) is 5.15. The molecular formula is C35H51N3O6. The third kappa shape index (κ3) is 9.49. The molecule has 44 heavy (non-hydrogen) atoms. The van der Waals surface area contributed by atoms with Crippen LogP contribution in [0.25, 0.3) is 0 Å². The van der Waals surface area contributed by atoms with Gasteiger partial charge in [0.05, 0.1) is 12.5 Å². The van der Waals surface area contributed by atoms with Crippen molar-refractivity contribution in [2.24, 2.45) is 5.92 Å². The fourth-order valence-corrected chi connectivity index (χ4v) is 6.39. The molecule has 1 aromatic rings. The number of aromatic nitrogens is 1. The lowest BCUT2D eigenvalue weighted by Crippen LogP contribution is -2.53. The second kappa shape index (κ2) is 15.8. The quantitative estimate of drug-likeness (QED) is 0.259. The van der Waals surface area contributed by atoms with Crippen LogP contribution in [0, 0.1) is 5.92 Å². The largest absolute Gasteiger partial charge is 0.457 e. The number of aliphatic hydroxyl groups is 2.